The summed E-state index contributed by atoms with van der Waals surface area (Å²) < 4.78 is 35.7. The molecule has 19 heavy (non-hydrogen) atoms. The van der Waals surface area contributed by atoms with Crippen LogP contribution in [0.4, 0.5) is 13.2 Å². The van der Waals surface area contributed by atoms with Crippen LogP contribution < -0.4 is 10.6 Å². The molecule has 1 rings (SSSR count). The maximum absolute atomic E-state index is 11.9. The third-order valence-electron chi connectivity index (χ3n) is 3.35. The predicted molar refractivity (Wildman–Crippen MR) is 63.2 cm³/mol. The van der Waals surface area contributed by atoms with Crippen LogP contribution in [-0.2, 0) is 9.59 Å². The minimum Gasteiger partial charge on any atom is -0.353 e. The zero-order chi connectivity index (χ0) is 14.5. The third-order valence-corrected chi connectivity index (χ3v) is 3.35. The molecule has 0 heterocycles. The summed E-state index contributed by atoms with van der Waals surface area (Å²) in [4.78, 5) is 22.1. The Morgan fingerprint density at radius 2 is 1.84 bits per heavy atom. The maximum Gasteiger partial charge on any atom is 0.471 e. The molecular formula is C12H19F3N2O2. The average Bonchev–Trinajstić information content (AvgIpc) is 2.31. The van der Waals surface area contributed by atoms with Gasteiger partial charge in [-0.1, -0.05) is 19.8 Å². The van der Waals surface area contributed by atoms with Crippen molar-refractivity contribution in [3.63, 3.8) is 0 Å². The van der Waals surface area contributed by atoms with Gasteiger partial charge in [-0.3, -0.25) is 9.59 Å². The number of hydrogen-bond donors (Lipinski definition) is 2. The van der Waals surface area contributed by atoms with E-state index in [4.69, 9.17) is 0 Å². The summed E-state index contributed by atoms with van der Waals surface area (Å²) >= 11 is 0. The third kappa shape index (κ3) is 5.48. The molecule has 2 N–H and O–H groups in total. The minimum atomic E-state index is -4.89. The summed E-state index contributed by atoms with van der Waals surface area (Å²) in [5.74, 6) is -1.94. The number of carbonyl (C=O) groups excluding carboxylic acids is 2. The smallest absolute Gasteiger partial charge is 0.353 e. The monoisotopic (exact) mass is 280 g/mol. The van der Waals surface area contributed by atoms with Gasteiger partial charge in [0.05, 0.1) is 0 Å². The molecule has 4 nitrogen and oxygen atoms in total. The van der Waals surface area contributed by atoms with Crippen molar-refractivity contribution in [2.75, 3.05) is 6.54 Å². The Morgan fingerprint density at radius 1 is 1.21 bits per heavy atom. The molecule has 0 aliphatic heterocycles. The van der Waals surface area contributed by atoms with Crippen LogP contribution in [0.1, 0.15) is 39.0 Å². The normalized spacial score (nSPS) is 23.8. The van der Waals surface area contributed by atoms with Gasteiger partial charge in [0.2, 0.25) is 5.91 Å². The first kappa shape index (κ1) is 15.8. The van der Waals surface area contributed by atoms with E-state index in [0.29, 0.717) is 5.92 Å². The molecule has 2 atom stereocenters. The number of amides is 2. The lowest BCUT2D eigenvalue weighted by Gasteiger charge is -2.29. The highest BCUT2D eigenvalue weighted by molar-refractivity contribution is 5.82. The first-order chi connectivity index (χ1) is 8.80. The molecule has 7 heteroatoms. The van der Waals surface area contributed by atoms with E-state index in [1.165, 1.54) is 0 Å². The maximum atomic E-state index is 11.9. The molecule has 0 aromatic carbocycles. The zero-order valence-corrected chi connectivity index (χ0v) is 10.8. The van der Waals surface area contributed by atoms with Gasteiger partial charge >= 0.3 is 12.1 Å². The van der Waals surface area contributed by atoms with Gasteiger partial charge in [0, 0.05) is 19.0 Å². The standard InChI is InChI=1S/C12H19F3N2O2/c1-8-4-2-3-5-9(8)17-10(18)6-7-16-11(19)12(13,14)15/h8-9H,2-7H2,1H3,(H,16,19)(H,17,18). The van der Waals surface area contributed by atoms with E-state index >= 15 is 0 Å². The summed E-state index contributed by atoms with van der Waals surface area (Å²) in [5.41, 5.74) is 0. The molecule has 0 aromatic rings. The number of rotatable bonds is 4. The van der Waals surface area contributed by atoms with Crippen molar-refractivity contribution in [1.82, 2.24) is 10.6 Å². The zero-order valence-electron chi connectivity index (χ0n) is 10.8. The molecule has 2 unspecified atom stereocenters. The van der Waals surface area contributed by atoms with E-state index in [1.807, 2.05) is 0 Å². The van der Waals surface area contributed by atoms with Gasteiger partial charge in [0.1, 0.15) is 0 Å². The lowest BCUT2D eigenvalue weighted by atomic mass is 9.86. The van der Waals surface area contributed by atoms with Crippen LogP contribution in [0.15, 0.2) is 0 Å². The van der Waals surface area contributed by atoms with Gasteiger partial charge in [0.15, 0.2) is 0 Å². The van der Waals surface area contributed by atoms with Crippen molar-refractivity contribution in [1.29, 1.82) is 0 Å². The highest BCUT2D eigenvalue weighted by Crippen LogP contribution is 2.23. The average molecular weight is 280 g/mol. The number of nitrogens with one attached hydrogen (secondary N) is 2. The van der Waals surface area contributed by atoms with Crippen LogP contribution >= 0.6 is 0 Å². The van der Waals surface area contributed by atoms with Crippen LogP contribution in [0.25, 0.3) is 0 Å². The second kappa shape index (κ2) is 6.77. The van der Waals surface area contributed by atoms with Gasteiger partial charge in [-0.2, -0.15) is 13.2 Å². The number of carbonyl (C=O) groups is 2. The van der Waals surface area contributed by atoms with Crippen molar-refractivity contribution < 1.29 is 22.8 Å². The summed E-state index contributed by atoms with van der Waals surface area (Å²) in [7, 11) is 0. The molecule has 0 radical (unpaired) electrons. The predicted octanol–water partition coefficient (Wildman–Crippen LogP) is 1.75. The quantitative estimate of drug-likeness (QED) is 0.824. The topological polar surface area (TPSA) is 58.2 Å². The minimum absolute atomic E-state index is 0.0968. The highest BCUT2D eigenvalue weighted by atomic mass is 19.4. The van der Waals surface area contributed by atoms with Crippen LogP contribution in [0.3, 0.4) is 0 Å². The Kier molecular flexibility index (Phi) is 5.62. The fraction of sp³-hybridized carbons (Fsp3) is 0.833. The van der Waals surface area contributed by atoms with Crippen molar-refractivity contribution in [3.8, 4) is 0 Å². The molecule has 2 amide bonds. The summed E-state index contributed by atoms with van der Waals surface area (Å²) in [6.07, 6.45) is -0.869. The molecule has 0 spiro atoms. The van der Waals surface area contributed by atoms with E-state index in [-0.39, 0.29) is 24.9 Å². The Labute approximate surface area is 110 Å². The van der Waals surface area contributed by atoms with Crippen LogP contribution in [-0.4, -0.2) is 30.6 Å². The van der Waals surface area contributed by atoms with Gasteiger partial charge < -0.3 is 10.6 Å². The molecule has 110 valence electrons. The first-order valence-corrected chi connectivity index (χ1v) is 6.45. The molecule has 1 aliphatic rings. The lowest BCUT2D eigenvalue weighted by Crippen LogP contribution is -2.43. The summed E-state index contributed by atoms with van der Waals surface area (Å²) in [6, 6.07) is 0.0968. The first-order valence-electron chi connectivity index (χ1n) is 6.45. The molecule has 1 aliphatic carbocycles. The van der Waals surface area contributed by atoms with Crippen LogP contribution in [0, 0.1) is 5.92 Å². The Morgan fingerprint density at radius 3 is 2.42 bits per heavy atom. The fourth-order valence-corrected chi connectivity index (χ4v) is 2.20. The summed E-state index contributed by atoms with van der Waals surface area (Å²) in [5, 5.41) is 4.49. The van der Waals surface area contributed by atoms with Gasteiger partial charge in [-0.25, -0.2) is 0 Å². The van der Waals surface area contributed by atoms with E-state index in [1.54, 1.807) is 5.32 Å². The van der Waals surface area contributed by atoms with E-state index < -0.39 is 12.1 Å². The highest BCUT2D eigenvalue weighted by Gasteiger charge is 2.38. The number of halogens is 3. The lowest BCUT2D eigenvalue weighted by molar-refractivity contribution is -0.173. The Balaban J connectivity index is 2.23. The molecule has 1 fully saturated rings. The van der Waals surface area contributed by atoms with E-state index in [2.05, 4.69) is 12.2 Å². The van der Waals surface area contributed by atoms with Gasteiger partial charge in [-0.15, -0.1) is 0 Å². The fourth-order valence-electron chi connectivity index (χ4n) is 2.20. The van der Waals surface area contributed by atoms with E-state index in [9.17, 15) is 22.8 Å². The molecule has 0 bridgehead atoms. The Bertz CT molecular complexity index is 331. The molecular weight excluding hydrogens is 261 g/mol. The Hall–Kier alpha value is -1.27. The van der Waals surface area contributed by atoms with Crippen LogP contribution in [0.2, 0.25) is 0 Å². The molecule has 1 saturated carbocycles. The molecule has 0 saturated heterocycles. The van der Waals surface area contributed by atoms with Crippen molar-refractivity contribution in [3.05, 3.63) is 0 Å². The second-order valence-corrected chi connectivity index (χ2v) is 4.94. The van der Waals surface area contributed by atoms with E-state index in [0.717, 1.165) is 25.7 Å². The van der Waals surface area contributed by atoms with Gasteiger partial charge in [-0.05, 0) is 18.8 Å². The van der Waals surface area contributed by atoms with Crippen molar-refractivity contribution in [2.45, 2.75) is 51.2 Å². The van der Waals surface area contributed by atoms with Crippen molar-refractivity contribution >= 4 is 11.8 Å². The molecule has 0 aromatic heterocycles. The summed E-state index contributed by atoms with van der Waals surface area (Å²) in [6.45, 7) is 1.75. The number of alkyl halides is 3. The van der Waals surface area contributed by atoms with Gasteiger partial charge in [0.25, 0.3) is 0 Å². The van der Waals surface area contributed by atoms with Crippen LogP contribution in [0.5, 0.6) is 0 Å². The largest absolute Gasteiger partial charge is 0.471 e. The second-order valence-electron chi connectivity index (χ2n) is 4.94. The van der Waals surface area contributed by atoms with Crippen molar-refractivity contribution in [2.24, 2.45) is 5.92 Å². The SMILES string of the molecule is CC1CCCCC1NC(=O)CCNC(=O)C(F)(F)F. The number of hydrogen-bond acceptors (Lipinski definition) is 2.